The molecule has 0 bridgehead atoms. The van der Waals surface area contributed by atoms with Gasteiger partial charge < -0.3 is 11.1 Å². The number of rotatable bonds is 2. The number of aryl methyl sites for hydroxylation is 2. The van der Waals surface area contributed by atoms with Crippen molar-refractivity contribution in [3.63, 3.8) is 0 Å². The summed E-state index contributed by atoms with van der Waals surface area (Å²) in [6.45, 7) is 1.92. The van der Waals surface area contributed by atoms with Gasteiger partial charge in [0.1, 0.15) is 0 Å². The molecule has 1 heterocycles. The van der Waals surface area contributed by atoms with Gasteiger partial charge in [0.15, 0.2) is 0 Å². The zero-order valence-electron chi connectivity index (χ0n) is 9.77. The largest absolute Gasteiger partial charge is 0.398 e. The number of carbonyl (C=O) groups is 1. The van der Waals surface area contributed by atoms with Crippen molar-refractivity contribution in [1.82, 2.24) is 9.78 Å². The highest BCUT2D eigenvalue weighted by atomic mass is 16.1. The van der Waals surface area contributed by atoms with Crippen LogP contribution >= 0.6 is 0 Å². The Balaban J connectivity index is 2.22. The number of benzene rings is 1. The summed E-state index contributed by atoms with van der Waals surface area (Å²) >= 11 is 0. The highest BCUT2D eigenvalue weighted by Crippen LogP contribution is 2.15. The van der Waals surface area contributed by atoms with Crippen LogP contribution in [0.25, 0.3) is 0 Å². The predicted octanol–water partition coefficient (Wildman–Crippen LogP) is 1.56. The highest BCUT2D eigenvalue weighted by molar-refractivity contribution is 6.07. The van der Waals surface area contributed by atoms with Crippen molar-refractivity contribution >= 4 is 17.3 Å². The van der Waals surface area contributed by atoms with Gasteiger partial charge in [0.25, 0.3) is 5.91 Å². The summed E-state index contributed by atoms with van der Waals surface area (Å²) in [4.78, 5) is 12.0. The van der Waals surface area contributed by atoms with E-state index in [1.54, 1.807) is 36.3 Å². The normalized spacial score (nSPS) is 10.2. The first-order chi connectivity index (χ1) is 8.06. The van der Waals surface area contributed by atoms with Crippen molar-refractivity contribution in [3.05, 3.63) is 41.7 Å². The van der Waals surface area contributed by atoms with Crippen LogP contribution < -0.4 is 11.1 Å². The molecule has 0 unspecified atom stereocenters. The van der Waals surface area contributed by atoms with E-state index in [0.29, 0.717) is 16.9 Å². The Hall–Kier alpha value is -2.30. The fourth-order valence-electron chi connectivity index (χ4n) is 1.55. The molecular formula is C12H14N4O. The number of carbonyl (C=O) groups excluding carboxylic acids is 1. The third kappa shape index (κ3) is 2.44. The fraction of sp³-hybridized carbons (Fsp3) is 0.167. The smallest absolute Gasteiger partial charge is 0.257 e. The van der Waals surface area contributed by atoms with E-state index in [1.165, 1.54) is 0 Å². The summed E-state index contributed by atoms with van der Waals surface area (Å²) in [6.07, 6.45) is 3.31. The second-order valence-corrected chi connectivity index (χ2v) is 3.95. The van der Waals surface area contributed by atoms with E-state index in [-0.39, 0.29) is 5.91 Å². The molecule has 0 aliphatic rings. The zero-order chi connectivity index (χ0) is 12.4. The van der Waals surface area contributed by atoms with E-state index in [9.17, 15) is 4.79 Å². The van der Waals surface area contributed by atoms with Crippen LogP contribution in [0.3, 0.4) is 0 Å². The van der Waals surface area contributed by atoms with Gasteiger partial charge in [-0.25, -0.2) is 0 Å². The van der Waals surface area contributed by atoms with Crippen LogP contribution in [0.1, 0.15) is 15.9 Å². The van der Waals surface area contributed by atoms with E-state index < -0.39 is 0 Å². The van der Waals surface area contributed by atoms with Gasteiger partial charge in [-0.1, -0.05) is 11.6 Å². The fourth-order valence-corrected chi connectivity index (χ4v) is 1.55. The summed E-state index contributed by atoms with van der Waals surface area (Å²) in [7, 11) is 1.79. The molecule has 2 aromatic rings. The van der Waals surface area contributed by atoms with Crippen LogP contribution in [0.15, 0.2) is 30.6 Å². The van der Waals surface area contributed by atoms with Gasteiger partial charge in [-0.15, -0.1) is 0 Å². The van der Waals surface area contributed by atoms with Gasteiger partial charge in [-0.3, -0.25) is 9.48 Å². The topological polar surface area (TPSA) is 72.9 Å². The monoisotopic (exact) mass is 230 g/mol. The van der Waals surface area contributed by atoms with Gasteiger partial charge in [-0.05, 0) is 19.1 Å². The average molecular weight is 230 g/mol. The van der Waals surface area contributed by atoms with Crippen LogP contribution in [-0.4, -0.2) is 15.7 Å². The van der Waals surface area contributed by atoms with E-state index >= 15 is 0 Å². The molecule has 88 valence electrons. The number of anilines is 2. The van der Waals surface area contributed by atoms with Crippen molar-refractivity contribution in [1.29, 1.82) is 0 Å². The molecule has 3 N–H and O–H groups in total. The van der Waals surface area contributed by atoms with Gasteiger partial charge >= 0.3 is 0 Å². The molecule has 0 fully saturated rings. The summed E-state index contributed by atoms with van der Waals surface area (Å²) in [6, 6.07) is 5.37. The Kier molecular flexibility index (Phi) is 2.82. The Morgan fingerprint density at radius 1 is 1.47 bits per heavy atom. The SMILES string of the molecule is Cc1ccc(N)c(C(=O)Nc2cnn(C)c2)c1. The summed E-state index contributed by atoms with van der Waals surface area (Å²) in [5.74, 6) is -0.223. The molecule has 0 saturated carbocycles. The second kappa shape index (κ2) is 4.29. The van der Waals surface area contributed by atoms with Crippen molar-refractivity contribution in [3.8, 4) is 0 Å². The molecule has 5 heteroatoms. The lowest BCUT2D eigenvalue weighted by Crippen LogP contribution is -2.13. The number of nitrogens with two attached hydrogens (primary N) is 1. The maximum Gasteiger partial charge on any atom is 0.257 e. The third-order valence-electron chi connectivity index (χ3n) is 2.42. The number of amides is 1. The molecule has 0 spiro atoms. The highest BCUT2D eigenvalue weighted by Gasteiger charge is 2.10. The number of hydrogen-bond donors (Lipinski definition) is 2. The van der Waals surface area contributed by atoms with Crippen molar-refractivity contribution in [2.75, 3.05) is 11.1 Å². The Morgan fingerprint density at radius 2 is 2.24 bits per heavy atom. The second-order valence-electron chi connectivity index (χ2n) is 3.95. The Morgan fingerprint density at radius 3 is 2.88 bits per heavy atom. The van der Waals surface area contributed by atoms with Crippen LogP contribution in [0, 0.1) is 6.92 Å². The molecule has 0 aliphatic heterocycles. The lowest BCUT2D eigenvalue weighted by atomic mass is 10.1. The first kappa shape index (κ1) is 11.2. The number of aromatic nitrogens is 2. The van der Waals surface area contributed by atoms with Crippen LogP contribution in [0.5, 0.6) is 0 Å². The molecule has 1 amide bonds. The van der Waals surface area contributed by atoms with Gasteiger partial charge in [0.05, 0.1) is 17.4 Å². The van der Waals surface area contributed by atoms with E-state index in [2.05, 4.69) is 10.4 Å². The van der Waals surface area contributed by atoms with Gasteiger partial charge in [0.2, 0.25) is 0 Å². The molecule has 0 aliphatic carbocycles. The molecule has 1 aromatic heterocycles. The minimum Gasteiger partial charge on any atom is -0.398 e. The quantitative estimate of drug-likeness (QED) is 0.769. The molecule has 17 heavy (non-hydrogen) atoms. The van der Waals surface area contributed by atoms with Crippen molar-refractivity contribution in [2.45, 2.75) is 6.92 Å². The van der Waals surface area contributed by atoms with Crippen molar-refractivity contribution in [2.24, 2.45) is 7.05 Å². The molecular weight excluding hydrogens is 216 g/mol. The zero-order valence-corrected chi connectivity index (χ0v) is 9.77. The molecule has 2 rings (SSSR count). The van der Waals surface area contributed by atoms with Crippen molar-refractivity contribution < 1.29 is 4.79 Å². The first-order valence-electron chi connectivity index (χ1n) is 5.22. The molecule has 0 saturated heterocycles. The number of nitrogens with zero attached hydrogens (tertiary/aromatic N) is 2. The van der Waals surface area contributed by atoms with Gasteiger partial charge in [-0.2, -0.15) is 5.10 Å². The number of nitrogen functional groups attached to an aromatic ring is 1. The molecule has 1 aromatic carbocycles. The molecule has 5 nitrogen and oxygen atoms in total. The van der Waals surface area contributed by atoms with E-state index in [4.69, 9.17) is 5.73 Å². The predicted molar refractivity (Wildman–Crippen MR) is 66.8 cm³/mol. The maximum absolute atomic E-state index is 12.0. The van der Waals surface area contributed by atoms with Gasteiger partial charge in [0, 0.05) is 18.9 Å². The summed E-state index contributed by atoms with van der Waals surface area (Å²) in [5, 5.41) is 6.72. The standard InChI is InChI=1S/C12H14N4O/c1-8-3-4-11(13)10(5-8)12(17)15-9-6-14-16(2)7-9/h3-7H,13H2,1-2H3,(H,15,17). The van der Waals surface area contributed by atoms with E-state index in [1.807, 2.05) is 13.0 Å². The lowest BCUT2D eigenvalue weighted by molar-refractivity contribution is 0.102. The van der Waals surface area contributed by atoms with Crippen LogP contribution in [-0.2, 0) is 7.05 Å². The van der Waals surface area contributed by atoms with E-state index in [0.717, 1.165) is 5.56 Å². The molecule has 0 atom stereocenters. The third-order valence-corrected chi connectivity index (χ3v) is 2.42. The Labute approximate surface area is 99.2 Å². The maximum atomic E-state index is 12.0. The number of hydrogen-bond acceptors (Lipinski definition) is 3. The number of nitrogens with one attached hydrogen (secondary N) is 1. The first-order valence-corrected chi connectivity index (χ1v) is 5.22. The minimum atomic E-state index is -0.223. The lowest BCUT2D eigenvalue weighted by Gasteiger charge is -2.06. The summed E-state index contributed by atoms with van der Waals surface area (Å²) < 4.78 is 1.62. The summed E-state index contributed by atoms with van der Waals surface area (Å²) in [5.41, 5.74) is 8.36. The Bertz CT molecular complexity index is 559. The van der Waals surface area contributed by atoms with Crippen LogP contribution in [0.2, 0.25) is 0 Å². The molecule has 0 radical (unpaired) electrons. The average Bonchev–Trinajstić information content (AvgIpc) is 2.67. The minimum absolute atomic E-state index is 0.223. The van der Waals surface area contributed by atoms with Crippen LogP contribution in [0.4, 0.5) is 11.4 Å².